The Kier molecular flexibility index (Phi) is 4.19. The quantitative estimate of drug-likeness (QED) is 0.724. The van der Waals surface area contributed by atoms with Crippen LogP contribution in [-0.4, -0.2) is 6.04 Å². The van der Waals surface area contributed by atoms with E-state index in [0.29, 0.717) is 11.5 Å². The Bertz CT molecular complexity index is 381. The van der Waals surface area contributed by atoms with E-state index in [9.17, 15) is 0 Å². The van der Waals surface area contributed by atoms with Crippen LogP contribution < -0.4 is 5.32 Å². The summed E-state index contributed by atoms with van der Waals surface area (Å²) in [7, 11) is 0. The Morgan fingerprint density at radius 2 is 1.82 bits per heavy atom. The van der Waals surface area contributed by atoms with Gasteiger partial charge in [-0.1, -0.05) is 32.8 Å². The number of hydrogen-bond acceptors (Lipinski definition) is 1. The van der Waals surface area contributed by atoms with Crippen LogP contribution in [0.5, 0.6) is 0 Å². The van der Waals surface area contributed by atoms with Gasteiger partial charge in [0.05, 0.1) is 5.69 Å². The van der Waals surface area contributed by atoms with Crippen molar-refractivity contribution in [3.05, 3.63) is 27.1 Å². The molecule has 2 rings (SSSR count). The van der Waals surface area contributed by atoms with Gasteiger partial charge in [-0.15, -0.1) is 0 Å². The van der Waals surface area contributed by atoms with Crippen molar-refractivity contribution in [3.63, 3.8) is 0 Å². The second-order valence-electron chi connectivity index (χ2n) is 5.53. The lowest BCUT2D eigenvalue weighted by Gasteiger charge is -2.40. The molecule has 0 amide bonds. The molecule has 1 aromatic carbocycles. The average Bonchev–Trinajstić information content (AvgIpc) is 2.25. The van der Waals surface area contributed by atoms with Gasteiger partial charge in [-0.25, -0.2) is 0 Å². The molecule has 1 aliphatic carbocycles. The highest BCUT2D eigenvalue weighted by Gasteiger charge is 2.32. The molecule has 0 radical (unpaired) electrons. The number of hydrogen-bond donors (Lipinski definition) is 1. The zero-order valence-electron chi connectivity index (χ0n) is 10.4. The van der Waals surface area contributed by atoms with Crippen LogP contribution in [0, 0.1) is 5.41 Å². The number of rotatable bonds is 2. The van der Waals surface area contributed by atoms with Gasteiger partial charge in [-0.05, 0) is 62.2 Å². The molecule has 1 N–H and O–H groups in total. The molecule has 1 aromatic rings. The minimum Gasteiger partial charge on any atom is -0.380 e. The molecule has 1 unspecified atom stereocenters. The zero-order chi connectivity index (χ0) is 12.5. The summed E-state index contributed by atoms with van der Waals surface area (Å²) >= 11 is 7.24. The van der Waals surface area contributed by atoms with Crippen LogP contribution in [0.25, 0.3) is 0 Å². The van der Waals surface area contributed by atoms with Crippen LogP contribution in [0.3, 0.4) is 0 Å². The van der Waals surface area contributed by atoms with Gasteiger partial charge in [-0.3, -0.25) is 0 Å². The highest BCUT2D eigenvalue weighted by Crippen LogP contribution is 2.40. The van der Waals surface area contributed by atoms with E-state index < -0.39 is 0 Å². The van der Waals surface area contributed by atoms with Crippen LogP contribution >= 0.6 is 31.9 Å². The third kappa shape index (κ3) is 3.05. The van der Waals surface area contributed by atoms with Crippen LogP contribution in [-0.2, 0) is 0 Å². The van der Waals surface area contributed by atoms with Crippen molar-refractivity contribution in [3.8, 4) is 0 Å². The fraction of sp³-hybridized carbons (Fsp3) is 0.571. The standard InChI is InChI=1S/C14H19Br2N/c1-14(2)9-4-3-8-12(14)17-13-10(15)6-5-7-11(13)16/h5-7,12,17H,3-4,8-9H2,1-2H3. The van der Waals surface area contributed by atoms with E-state index >= 15 is 0 Å². The van der Waals surface area contributed by atoms with Crippen molar-refractivity contribution in [1.29, 1.82) is 0 Å². The van der Waals surface area contributed by atoms with Crippen LogP contribution in [0.4, 0.5) is 5.69 Å². The summed E-state index contributed by atoms with van der Waals surface area (Å²) < 4.78 is 2.27. The first-order chi connectivity index (χ1) is 8.00. The third-order valence-electron chi connectivity index (χ3n) is 3.79. The van der Waals surface area contributed by atoms with Crippen molar-refractivity contribution in [2.75, 3.05) is 5.32 Å². The Morgan fingerprint density at radius 1 is 1.18 bits per heavy atom. The van der Waals surface area contributed by atoms with Gasteiger partial charge < -0.3 is 5.32 Å². The lowest BCUT2D eigenvalue weighted by Crippen LogP contribution is -2.39. The Labute approximate surface area is 121 Å². The smallest absolute Gasteiger partial charge is 0.0631 e. The van der Waals surface area contributed by atoms with Gasteiger partial charge in [0, 0.05) is 15.0 Å². The molecule has 1 fully saturated rings. The summed E-state index contributed by atoms with van der Waals surface area (Å²) in [5.41, 5.74) is 1.57. The van der Waals surface area contributed by atoms with Gasteiger partial charge in [0.25, 0.3) is 0 Å². The number of nitrogens with one attached hydrogen (secondary N) is 1. The van der Waals surface area contributed by atoms with Crippen molar-refractivity contribution in [2.24, 2.45) is 5.41 Å². The molecule has 0 aliphatic heterocycles. The number of anilines is 1. The number of para-hydroxylation sites is 1. The molecular formula is C14H19Br2N. The molecule has 3 heteroatoms. The highest BCUT2D eigenvalue weighted by molar-refractivity contribution is 9.11. The second kappa shape index (κ2) is 5.31. The molecule has 1 atom stereocenters. The average molecular weight is 361 g/mol. The fourth-order valence-corrected chi connectivity index (χ4v) is 3.80. The Morgan fingerprint density at radius 3 is 2.41 bits per heavy atom. The highest BCUT2D eigenvalue weighted by atomic mass is 79.9. The van der Waals surface area contributed by atoms with Gasteiger partial charge in [0.1, 0.15) is 0 Å². The minimum atomic E-state index is 0.382. The number of halogens is 2. The van der Waals surface area contributed by atoms with E-state index in [1.165, 1.54) is 31.4 Å². The Balaban J connectivity index is 2.20. The van der Waals surface area contributed by atoms with E-state index in [0.717, 1.165) is 8.95 Å². The fourth-order valence-electron chi connectivity index (χ4n) is 2.57. The maximum atomic E-state index is 3.71. The lowest BCUT2D eigenvalue weighted by molar-refractivity contribution is 0.217. The third-order valence-corrected chi connectivity index (χ3v) is 5.11. The van der Waals surface area contributed by atoms with Gasteiger partial charge >= 0.3 is 0 Å². The molecule has 17 heavy (non-hydrogen) atoms. The predicted octanol–water partition coefficient (Wildman–Crippen LogP) is 5.59. The van der Waals surface area contributed by atoms with Crippen molar-refractivity contribution in [1.82, 2.24) is 0 Å². The SMILES string of the molecule is CC1(C)CCCCC1Nc1c(Br)cccc1Br. The molecule has 1 aliphatic rings. The van der Waals surface area contributed by atoms with Gasteiger partial charge in [0.15, 0.2) is 0 Å². The monoisotopic (exact) mass is 359 g/mol. The molecule has 0 saturated heterocycles. The van der Waals surface area contributed by atoms with Crippen molar-refractivity contribution < 1.29 is 0 Å². The molecule has 0 heterocycles. The Hall–Kier alpha value is -0.0200. The van der Waals surface area contributed by atoms with Crippen LogP contribution in [0.1, 0.15) is 39.5 Å². The van der Waals surface area contributed by atoms with Crippen molar-refractivity contribution >= 4 is 37.5 Å². The maximum Gasteiger partial charge on any atom is 0.0631 e. The van der Waals surface area contributed by atoms with Gasteiger partial charge in [0.2, 0.25) is 0 Å². The van der Waals surface area contributed by atoms with Crippen molar-refractivity contribution in [2.45, 2.75) is 45.6 Å². The molecular weight excluding hydrogens is 342 g/mol. The van der Waals surface area contributed by atoms with E-state index in [4.69, 9.17) is 0 Å². The largest absolute Gasteiger partial charge is 0.380 e. The predicted molar refractivity (Wildman–Crippen MR) is 81.5 cm³/mol. The molecule has 0 bridgehead atoms. The summed E-state index contributed by atoms with van der Waals surface area (Å²) in [6.07, 6.45) is 5.28. The first-order valence-corrected chi connectivity index (χ1v) is 7.80. The first kappa shape index (κ1) is 13.4. The van der Waals surface area contributed by atoms with Crippen LogP contribution in [0.2, 0.25) is 0 Å². The first-order valence-electron chi connectivity index (χ1n) is 6.21. The van der Waals surface area contributed by atoms with E-state index in [-0.39, 0.29) is 0 Å². The van der Waals surface area contributed by atoms with Crippen LogP contribution in [0.15, 0.2) is 27.1 Å². The summed E-state index contributed by atoms with van der Waals surface area (Å²) in [5, 5.41) is 3.71. The molecule has 1 saturated carbocycles. The summed E-state index contributed by atoms with van der Waals surface area (Å²) in [6, 6.07) is 6.78. The lowest BCUT2D eigenvalue weighted by atomic mass is 9.73. The van der Waals surface area contributed by atoms with Gasteiger partial charge in [-0.2, -0.15) is 0 Å². The maximum absolute atomic E-state index is 3.71. The molecule has 0 spiro atoms. The normalized spacial score (nSPS) is 23.4. The number of benzene rings is 1. The second-order valence-corrected chi connectivity index (χ2v) is 7.24. The topological polar surface area (TPSA) is 12.0 Å². The zero-order valence-corrected chi connectivity index (χ0v) is 13.6. The summed E-state index contributed by atoms with van der Waals surface area (Å²) in [6.45, 7) is 4.74. The molecule has 94 valence electrons. The molecule has 0 aromatic heterocycles. The van der Waals surface area contributed by atoms with E-state index in [2.05, 4.69) is 63.2 Å². The molecule has 1 nitrogen and oxygen atoms in total. The summed E-state index contributed by atoms with van der Waals surface area (Å²) in [4.78, 5) is 0. The van der Waals surface area contributed by atoms with E-state index in [1.54, 1.807) is 0 Å². The summed E-state index contributed by atoms with van der Waals surface area (Å²) in [5.74, 6) is 0. The van der Waals surface area contributed by atoms with E-state index in [1.807, 2.05) is 6.07 Å². The minimum absolute atomic E-state index is 0.382.